The van der Waals surface area contributed by atoms with Gasteiger partial charge in [0.2, 0.25) is 0 Å². The van der Waals surface area contributed by atoms with E-state index in [0.717, 1.165) is 37.3 Å². The monoisotopic (exact) mass is 237 g/mol. The van der Waals surface area contributed by atoms with Gasteiger partial charge in [-0.3, -0.25) is 9.69 Å². The van der Waals surface area contributed by atoms with E-state index < -0.39 is 0 Å². The molecule has 0 bridgehead atoms. The predicted octanol–water partition coefficient (Wildman–Crippen LogP) is 0.598. The molecule has 0 radical (unpaired) electrons. The highest BCUT2D eigenvalue weighted by Gasteiger charge is 2.25. The number of piperidine rings is 1. The summed E-state index contributed by atoms with van der Waals surface area (Å²) in [7, 11) is 0. The number of H-pyrrole nitrogens is 1. The molecule has 0 saturated carbocycles. The molecule has 1 atom stereocenters. The molecule has 94 valence electrons. The van der Waals surface area contributed by atoms with Gasteiger partial charge in [0.15, 0.2) is 0 Å². The number of rotatable bonds is 3. The molecule has 2 rings (SSSR count). The van der Waals surface area contributed by atoms with Gasteiger partial charge in [0.25, 0.3) is 5.56 Å². The molecule has 1 saturated heterocycles. The molecule has 17 heavy (non-hydrogen) atoms. The summed E-state index contributed by atoms with van der Waals surface area (Å²) < 4.78 is 0. The molecule has 0 aliphatic carbocycles. The fourth-order valence-electron chi connectivity index (χ4n) is 2.46. The van der Waals surface area contributed by atoms with E-state index in [4.69, 9.17) is 5.11 Å². The van der Waals surface area contributed by atoms with Gasteiger partial charge in [-0.05, 0) is 26.3 Å². The van der Waals surface area contributed by atoms with Crippen molar-refractivity contribution in [2.75, 3.05) is 19.7 Å². The van der Waals surface area contributed by atoms with Gasteiger partial charge < -0.3 is 10.1 Å². The molecule has 1 aliphatic rings. The summed E-state index contributed by atoms with van der Waals surface area (Å²) in [6.07, 6.45) is 3.28. The van der Waals surface area contributed by atoms with Gasteiger partial charge in [-0.15, -0.1) is 0 Å². The molecular weight excluding hydrogens is 218 g/mol. The zero-order chi connectivity index (χ0) is 12.3. The van der Waals surface area contributed by atoms with E-state index in [1.807, 2.05) is 6.92 Å². The second-order valence-electron chi connectivity index (χ2n) is 4.54. The summed E-state index contributed by atoms with van der Waals surface area (Å²) in [5.41, 5.74) is 0.653. The lowest BCUT2D eigenvalue weighted by Gasteiger charge is -2.34. The molecule has 1 aromatic rings. The van der Waals surface area contributed by atoms with E-state index >= 15 is 0 Å². The Labute approximate surface area is 100 Å². The van der Waals surface area contributed by atoms with Gasteiger partial charge in [-0.2, -0.15) is 0 Å². The molecule has 0 aromatic carbocycles. The smallest absolute Gasteiger partial charge is 0.251 e. The minimum atomic E-state index is -0.0954. The van der Waals surface area contributed by atoms with E-state index in [9.17, 15) is 4.79 Å². The van der Waals surface area contributed by atoms with E-state index in [0.29, 0.717) is 6.54 Å². The Hall–Kier alpha value is -1.20. The largest absolute Gasteiger partial charge is 0.395 e. The Morgan fingerprint density at radius 3 is 3.12 bits per heavy atom. The van der Waals surface area contributed by atoms with E-state index in [1.165, 1.54) is 6.07 Å². The summed E-state index contributed by atoms with van der Waals surface area (Å²) in [6.45, 7) is 3.58. The number of aromatic amines is 1. The minimum Gasteiger partial charge on any atom is -0.395 e. The molecule has 2 heterocycles. The molecule has 1 fully saturated rings. The third kappa shape index (κ3) is 2.92. The lowest BCUT2D eigenvalue weighted by molar-refractivity contribution is 0.112. The van der Waals surface area contributed by atoms with Crippen molar-refractivity contribution < 1.29 is 5.11 Å². The van der Waals surface area contributed by atoms with Crippen LogP contribution in [0.5, 0.6) is 0 Å². The van der Waals surface area contributed by atoms with E-state index in [2.05, 4.69) is 14.9 Å². The van der Waals surface area contributed by atoms with Crippen molar-refractivity contribution >= 4 is 0 Å². The Morgan fingerprint density at radius 1 is 1.59 bits per heavy atom. The van der Waals surface area contributed by atoms with Crippen molar-refractivity contribution in [2.24, 2.45) is 0 Å². The standard InChI is InChI=1S/C12H19N3O2/c1-9-8-11(17)14-12(13-9)10-4-2-3-5-15(10)6-7-16/h8,10,16H,2-7H2,1H3,(H,13,14,17)/t10-/m1/s1. The lowest BCUT2D eigenvalue weighted by atomic mass is 10.0. The third-order valence-electron chi connectivity index (χ3n) is 3.20. The van der Waals surface area contributed by atoms with Crippen LogP contribution in [0.4, 0.5) is 0 Å². The van der Waals surface area contributed by atoms with Crippen LogP contribution in [-0.2, 0) is 0 Å². The highest BCUT2D eigenvalue weighted by atomic mass is 16.3. The van der Waals surface area contributed by atoms with Crippen molar-refractivity contribution in [3.8, 4) is 0 Å². The molecule has 1 aliphatic heterocycles. The summed E-state index contributed by atoms with van der Waals surface area (Å²) in [4.78, 5) is 20.9. The van der Waals surface area contributed by atoms with Gasteiger partial charge >= 0.3 is 0 Å². The Balaban J connectivity index is 2.25. The number of likely N-dealkylation sites (tertiary alicyclic amines) is 1. The minimum absolute atomic E-state index is 0.0954. The lowest BCUT2D eigenvalue weighted by Crippen LogP contribution is -2.37. The maximum absolute atomic E-state index is 11.5. The maximum atomic E-state index is 11.5. The van der Waals surface area contributed by atoms with Crippen LogP contribution in [-0.4, -0.2) is 39.7 Å². The number of aliphatic hydroxyl groups excluding tert-OH is 1. The number of nitrogens with one attached hydrogen (secondary N) is 1. The van der Waals surface area contributed by atoms with Crippen LogP contribution in [0.25, 0.3) is 0 Å². The highest BCUT2D eigenvalue weighted by molar-refractivity contribution is 5.04. The van der Waals surface area contributed by atoms with E-state index in [1.54, 1.807) is 0 Å². The summed E-state index contributed by atoms with van der Waals surface area (Å²) in [5, 5.41) is 9.06. The summed E-state index contributed by atoms with van der Waals surface area (Å²) in [5.74, 6) is 0.739. The number of aromatic nitrogens is 2. The Kier molecular flexibility index (Phi) is 3.91. The first-order valence-corrected chi connectivity index (χ1v) is 6.13. The van der Waals surface area contributed by atoms with Crippen molar-refractivity contribution in [3.05, 3.63) is 27.9 Å². The molecule has 0 unspecified atom stereocenters. The average Bonchev–Trinajstić information content (AvgIpc) is 2.29. The number of hydrogen-bond acceptors (Lipinski definition) is 4. The second-order valence-corrected chi connectivity index (χ2v) is 4.54. The SMILES string of the molecule is Cc1cc(=O)[nH]c([C@H]2CCCCN2CCO)n1. The molecule has 2 N–H and O–H groups in total. The normalized spacial score (nSPS) is 21.6. The number of aryl methyl sites for hydroxylation is 1. The van der Waals surface area contributed by atoms with Crippen LogP contribution in [0.1, 0.15) is 36.8 Å². The highest BCUT2D eigenvalue weighted by Crippen LogP contribution is 2.27. The van der Waals surface area contributed by atoms with Crippen LogP contribution in [0, 0.1) is 6.92 Å². The van der Waals surface area contributed by atoms with Crippen LogP contribution in [0.3, 0.4) is 0 Å². The van der Waals surface area contributed by atoms with Crippen LogP contribution in [0.2, 0.25) is 0 Å². The first kappa shape index (κ1) is 12.3. The van der Waals surface area contributed by atoms with Crippen molar-refractivity contribution in [1.82, 2.24) is 14.9 Å². The second kappa shape index (κ2) is 5.42. The van der Waals surface area contributed by atoms with Gasteiger partial charge in [0.1, 0.15) is 5.82 Å². The van der Waals surface area contributed by atoms with E-state index in [-0.39, 0.29) is 18.2 Å². The zero-order valence-electron chi connectivity index (χ0n) is 10.1. The number of hydrogen-bond donors (Lipinski definition) is 2. The average molecular weight is 237 g/mol. The topological polar surface area (TPSA) is 69.2 Å². The van der Waals surface area contributed by atoms with Gasteiger partial charge in [0, 0.05) is 18.3 Å². The van der Waals surface area contributed by atoms with Gasteiger partial charge in [-0.25, -0.2) is 4.98 Å². The number of aliphatic hydroxyl groups is 1. The third-order valence-corrected chi connectivity index (χ3v) is 3.20. The van der Waals surface area contributed by atoms with Crippen LogP contribution >= 0.6 is 0 Å². The number of β-amino-alcohol motifs (C(OH)–C–C–N with tert-alkyl or cyclic N) is 1. The zero-order valence-corrected chi connectivity index (χ0v) is 10.1. The van der Waals surface area contributed by atoms with Crippen molar-refractivity contribution in [1.29, 1.82) is 0 Å². The molecule has 0 spiro atoms. The first-order valence-electron chi connectivity index (χ1n) is 6.13. The fourth-order valence-corrected chi connectivity index (χ4v) is 2.46. The Bertz CT molecular complexity index is 428. The maximum Gasteiger partial charge on any atom is 0.251 e. The molecule has 5 heteroatoms. The van der Waals surface area contributed by atoms with Crippen LogP contribution in [0.15, 0.2) is 10.9 Å². The summed E-state index contributed by atoms with van der Waals surface area (Å²) >= 11 is 0. The summed E-state index contributed by atoms with van der Waals surface area (Å²) in [6, 6.07) is 1.64. The quantitative estimate of drug-likeness (QED) is 0.807. The van der Waals surface area contributed by atoms with Crippen LogP contribution < -0.4 is 5.56 Å². The Morgan fingerprint density at radius 2 is 2.41 bits per heavy atom. The first-order chi connectivity index (χ1) is 8.20. The van der Waals surface area contributed by atoms with Crippen molar-refractivity contribution in [3.63, 3.8) is 0 Å². The molecule has 5 nitrogen and oxygen atoms in total. The van der Waals surface area contributed by atoms with Crippen molar-refractivity contribution in [2.45, 2.75) is 32.2 Å². The van der Waals surface area contributed by atoms with Gasteiger partial charge in [0.05, 0.1) is 12.6 Å². The molecule has 1 aromatic heterocycles. The number of nitrogens with zero attached hydrogens (tertiary/aromatic N) is 2. The molecular formula is C12H19N3O2. The fraction of sp³-hybridized carbons (Fsp3) is 0.667. The molecule has 0 amide bonds. The van der Waals surface area contributed by atoms with Gasteiger partial charge in [-0.1, -0.05) is 6.42 Å². The predicted molar refractivity (Wildman–Crippen MR) is 64.8 cm³/mol.